The summed E-state index contributed by atoms with van der Waals surface area (Å²) in [5, 5.41) is 0. The van der Waals surface area contributed by atoms with Crippen LogP contribution in [0.25, 0.3) is 11.3 Å². The van der Waals surface area contributed by atoms with Crippen LogP contribution in [0.5, 0.6) is 0 Å². The molecule has 0 saturated carbocycles. The third-order valence-electron chi connectivity index (χ3n) is 6.03. The van der Waals surface area contributed by atoms with Gasteiger partial charge in [0.1, 0.15) is 11.5 Å². The van der Waals surface area contributed by atoms with Gasteiger partial charge in [-0.1, -0.05) is 121 Å². The predicted octanol–water partition coefficient (Wildman–Crippen LogP) is 7.19. The van der Waals surface area contributed by atoms with Crippen molar-refractivity contribution in [1.82, 2.24) is 0 Å². The number of hydrogen-bond donors (Lipinski definition) is 0. The molecular formula is C32H24O3. The van der Waals surface area contributed by atoms with Gasteiger partial charge in [0.25, 0.3) is 0 Å². The highest BCUT2D eigenvalue weighted by Gasteiger charge is 2.28. The summed E-state index contributed by atoms with van der Waals surface area (Å²) in [5.41, 5.74) is 4.13. The van der Waals surface area contributed by atoms with Gasteiger partial charge in [0.05, 0.1) is 5.56 Å². The van der Waals surface area contributed by atoms with Crippen molar-refractivity contribution in [3.8, 4) is 11.3 Å². The van der Waals surface area contributed by atoms with Crippen molar-refractivity contribution in [2.45, 2.75) is 12.8 Å². The second kappa shape index (κ2) is 10.2. The fraction of sp³-hybridized carbons (Fsp3) is 0.0625. The number of carbonyl (C=O) groups is 2. The summed E-state index contributed by atoms with van der Waals surface area (Å²) >= 11 is 0. The molecule has 3 nitrogen and oxygen atoms in total. The minimum Gasteiger partial charge on any atom is -0.460 e. The molecule has 5 aromatic rings. The summed E-state index contributed by atoms with van der Waals surface area (Å²) in [6.07, 6.45) is 0.566. The van der Waals surface area contributed by atoms with Gasteiger partial charge in [0.15, 0.2) is 11.6 Å². The molecule has 0 unspecified atom stereocenters. The normalized spacial score (nSPS) is 10.7. The van der Waals surface area contributed by atoms with Gasteiger partial charge in [0, 0.05) is 35.1 Å². The Kier molecular flexibility index (Phi) is 6.49. The first-order valence-electron chi connectivity index (χ1n) is 11.6. The Balaban J connectivity index is 1.69. The van der Waals surface area contributed by atoms with E-state index in [-0.39, 0.29) is 18.0 Å². The van der Waals surface area contributed by atoms with E-state index in [0.29, 0.717) is 40.2 Å². The van der Waals surface area contributed by atoms with E-state index in [1.165, 1.54) is 0 Å². The van der Waals surface area contributed by atoms with Crippen LogP contribution >= 0.6 is 0 Å². The largest absolute Gasteiger partial charge is 0.460 e. The molecule has 0 aliphatic rings. The van der Waals surface area contributed by atoms with Crippen molar-refractivity contribution >= 4 is 11.6 Å². The lowest BCUT2D eigenvalue weighted by Crippen LogP contribution is -2.11. The molecule has 0 radical (unpaired) electrons. The standard InChI is InChI=1S/C32H24O3/c33-28(24-15-7-2-8-16-24)22-27-29(21-23-13-5-1-6-14-23)35-32(26-19-11-4-12-20-26)30(27)31(34)25-17-9-3-10-18-25/h1-20H,21-22H2. The number of benzene rings is 4. The average molecular weight is 457 g/mol. The molecular weight excluding hydrogens is 432 g/mol. The topological polar surface area (TPSA) is 47.3 Å². The van der Waals surface area contributed by atoms with E-state index in [2.05, 4.69) is 0 Å². The third kappa shape index (κ3) is 4.90. The first-order valence-corrected chi connectivity index (χ1v) is 11.6. The SMILES string of the molecule is O=C(Cc1c(Cc2ccccc2)oc(-c2ccccc2)c1C(=O)c1ccccc1)c1ccccc1. The summed E-state index contributed by atoms with van der Waals surface area (Å²) in [5.74, 6) is 0.936. The van der Waals surface area contributed by atoms with Crippen molar-refractivity contribution in [2.75, 3.05) is 0 Å². The van der Waals surface area contributed by atoms with Crippen LogP contribution in [0.1, 0.15) is 43.2 Å². The molecule has 3 heteroatoms. The van der Waals surface area contributed by atoms with Crippen molar-refractivity contribution < 1.29 is 14.0 Å². The molecule has 5 rings (SSSR count). The number of rotatable bonds is 8. The van der Waals surface area contributed by atoms with Gasteiger partial charge in [-0.2, -0.15) is 0 Å². The van der Waals surface area contributed by atoms with E-state index in [4.69, 9.17) is 4.42 Å². The molecule has 0 bridgehead atoms. The first-order chi connectivity index (χ1) is 17.2. The number of ketones is 2. The summed E-state index contributed by atoms with van der Waals surface area (Å²) < 4.78 is 6.44. The molecule has 0 N–H and O–H groups in total. The highest BCUT2D eigenvalue weighted by molar-refractivity contribution is 6.14. The van der Waals surface area contributed by atoms with Crippen molar-refractivity contribution in [3.63, 3.8) is 0 Å². The van der Waals surface area contributed by atoms with Crippen LogP contribution in [0.4, 0.5) is 0 Å². The minimum absolute atomic E-state index is 0.0533. The van der Waals surface area contributed by atoms with Gasteiger partial charge in [-0.25, -0.2) is 0 Å². The molecule has 35 heavy (non-hydrogen) atoms. The van der Waals surface area contributed by atoms with Gasteiger partial charge in [-0.05, 0) is 5.56 Å². The highest BCUT2D eigenvalue weighted by atomic mass is 16.3. The van der Waals surface area contributed by atoms with E-state index in [9.17, 15) is 9.59 Å². The quantitative estimate of drug-likeness (QED) is 0.232. The van der Waals surface area contributed by atoms with Gasteiger partial charge in [-0.3, -0.25) is 9.59 Å². The predicted molar refractivity (Wildman–Crippen MR) is 138 cm³/mol. The molecule has 1 heterocycles. The molecule has 1 aromatic heterocycles. The minimum atomic E-state index is -0.150. The maximum Gasteiger partial charge on any atom is 0.197 e. The van der Waals surface area contributed by atoms with Crippen LogP contribution in [0.15, 0.2) is 126 Å². The van der Waals surface area contributed by atoms with E-state index in [0.717, 1.165) is 11.1 Å². The van der Waals surface area contributed by atoms with E-state index < -0.39 is 0 Å². The van der Waals surface area contributed by atoms with Crippen molar-refractivity contribution in [1.29, 1.82) is 0 Å². The number of carbonyl (C=O) groups excluding carboxylic acids is 2. The average Bonchev–Trinajstić information content (AvgIpc) is 3.27. The Hall–Kier alpha value is -4.50. The summed E-state index contributed by atoms with van der Waals surface area (Å²) in [7, 11) is 0. The lowest BCUT2D eigenvalue weighted by molar-refractivity contribution is 0.0992. The Labute approximate surface area is 204 Å². The van der Waals surface area contributed by atoms with E-state index in [1.54, 1.807) is 24.3 Å². The maximum atomic E-state index is 13.9. The van der Waals surface area contributed by atoms with Crippen LogP contribution in [-0.4, -0.2) is 11.6 Å². The number of furan rings is 1. The van der Waals surface area contributed by atoms with E-state index >= 15 is 0 Å². The van der Waals surface area contributed by atoms with Gasteiger partial charge in [-0.15, -0.1) is 0 Å². The van der Waals surface area contributed by atoms with Crippen LogP contribution in [0, 0.1) is 0 Å². The molecule has 0 aliphatic heterocycles. The summed E-state index contributed by atoms with van der Waals surface area (Å²) in [4.78, 5) is 27.2. The zero-order chi connectivity index (χ0) is 24.0. The molecule has 0 aliphatic carbocycles. The first kappa shape index (κ1) is 22.3. The molecule has 0 amide bonds. The van der Waals surface area contributed by atoms with Crippen molar-refractivity contribution in [2.24, 2.45) is 0 Å². The number of hydrogen-bond acceptors (Lipinski definition) is 3. The van der Waals surface area contributed by atoms with Gasteiger partial charge >= 0.3 is 0 Å². The lowest BCUT2D eigenvalue weighted by atomic mass is 9.91. The van der Waals surface area contributed by atoms with Crippen LogP contribution < -0.4 is 0 Å². The van der Waals surface area contributed by atoms with Gasteiger partial charge < -0.3 is 4.42 Å². The molecule has 170 valence electrons. The zero-order valence-electron chi connectivity index (χ0n) is 19.2. The van der Waals surface area contributed by atoms with Crippen LogP contribution in [0.3, 0.4) is 0 Å². The lowest BCUT2D eigenvalue weighted by Gasteiger charge is -2.08. The molecule has 0 spiro atoms. The Morgan fingerprint density at radius 2 is 1.11 bits per heavy atom. The molecule has 0 fully saturated rings. The summed E-state index contributed by atoms with van der Waals surface area (Å²) in [6, 6.07) is 37.9. The smallest absolute Gasteiger partial charge is 0.197 e. The third-order valence-corrected chi connectivity index (χ3v) is 6.03. The Bertz CT molecular complexity index is 1430. The molecule has 0 saturated heterocycles. The van der Waals surface area contributed by atoms with E-state index in [1.807, 2.05) is 97.1 Å². The Morgan fingerprint density at radius 1 is 0.600 bits per heavy atom. The monoisotopic (exact) mass is 456 g/mol. The maximum absolute atomic E-state index is 13.9. The fourth-order valence-electron chi connectivity index (χ4n) is 4.28. The van der Waals surface area contributed by atoms with Gasteiger partial charge in [0.2, 0.25) is 0 Å². The Morgan fingerprint density at radius 3 is 1.71 bits per heavy atom. The molecule has 4 aromatic carbocycles. The highest BCUT2D eigenvalue weighted by Crippen LogP contribution is 2.35. The second-order valence-corrected chi connectivity index (χ2v) is 8.40. The summed E-state index contributed by atoms with van der Waals surface area (Å²) in [6.45, 7) is 0. The second-order valence-electron chi connectivity index (χ2n) is 8.40. The fourth-order valence-corrected chi connectivity index (χ4v) is 4.28. The number of Topliss-reactive ketones (excluding diaryl/α,β-unsaturated/α-hetero) is 1. The van der Waals surface area contributed by atoms with Crippen molar-refractivity contribution in [3.05, 3.63) is 155 Å². The molecule has 0 atom stereocenters. The van der Waals surface area contributed by atoms with Crippen LogP contribution in [-0.2, 0) is 12.8 Å². The zero-order valence-corrected chi connectivity index (χ0v) is 19.2. The van der Waals surface area contributed by atoms with Crippen LogP contribution in [0.2, 0.25) is 0 Å².